The topological polar surface area (TPSA) is 29.5 Å². The van der Waals surface area contributed by atoms with Crippen LogP contribution in [0.1, 0.15) is 29.6 Å². The molecule has 0 bridgehead atoms. The summed E-state index contributed by atoms with van der Waals surface area (Å²) in [5.74, 6) is 0.105. The van der Waals surface area contributed by atoms with Crippen molar-refractivity contribution in [1.82, 2.24) is 4.90 Å². The van der Waals surface area contributed by atoms with Crippen molar-refractivity contribution in [3.8, 4) is 5.75 Å². The first kappa shape index (κ1) is 12.6. The van der Waals surface area contributed by atoms with Gasteiger partial charge in [-0.05, 0) is 50.6 Å². The number of likely N-dealkylation sites (tertiary alicyclic amines) is 1. The fourth-order valence-corrected chi connectivity index (χ4v) is 2.93. The Morgan fingerprint density at radius 1 is 1.32 bits per heavy atom. The molecule has 1 saturated heterocycles. The molecule has 0 aromatic heterocycles. The number of halogens is 1. The zero-order chi connectivity index (χ0) is 13.2. The molecule has 0 saturated carbocycles. The van der Waals surface area contributed by atoms with E-state index in [1.165, 1.54) is 25.0 Å². The van der Waals surface area contributed by atoms with E-state index in [0.29, 0.717) is 24.3 Å². The van der Waals surface area contributed by atoms with Gasteiger partial charge in [0.2, 0.25) is 0 Å². The second-order valence-corrected chi connectivity index (χ2v) is 5.35. The zero-order valence-electron chi connectivity index (χ0n) is 10.9. The quantitative estimate of drug-likeness (QED) is 0.821. The second kappa shape index (κ2) is 5.29. The van der Waals surface area contributed by atoms with Crippen LogP contribution in [0, 0.1) is 11.7 Å². The molecule has 1 atom stereocenters. The maximum absolute atomic E-state index is 13.3. The van der Waals surface area contributed by atoms with E-state index in [4.69, 9.17) is 4.74 Å². The summed E-state index contributed by atoms with van der Waals surface area (Å²) in [6, 6.07) is 4.20. The fraction of sp³-hybridized carbons (Fsp3) is 0.533. The molecule has 0 amide bonds. The first-order valence-corrected chi connectivity index (χ1v) is 6.93. The first-order chi connectivity index (χ1) is 9.24. The molecule has 3 nitrogen and oxygen atoms in total. The van der Waals surface area contributed by atoms with Crippen LogP contribution in [0.5, 0.6) is 5.75 Å². The molecule has 1 aromatic rings. The number of carbonyl (C=O) groups excluding carboxylic acids is 1. The normalized spacial score (nSPS) is 23.8. The Hall–Kier alpha value is -1.42. The Balaban J connectivity index is 1.81. The van der Waals surface area contributed by atoms with Crippen LogP contribution >= 0.6 is 0 Å². The Bertz CT molecular complexity index is 483. The third-order valence-electron chi connectivity index (χ3n) is 3.98. The van der Waals surface area contributed by atoms with E-state index in [0.717, 1.165) is 19.6 Å². The molecule has 0 N–H and O–H groups in total. The molecular formula is C15H18FNO2. The monoisotopic (exact) mass is 263 g/mol. The van der Waals surface area contributed by atoms with Gasteiger partial charge >= 0.3 is 0 Å². The molecule has 2 aliphatic heterocycles. The van der Waals surface area contributed by atoms with Crippen molar-refractivity contribution in [3.05, 3.63) is 29.6 Å². The first-order valence-electron chi connectivity index (χ1n) is 6.93. The lowest BCUT2D eigenvalue weighted by molar-refractivity contribution is 0.0882. The Labute approximate surface area is 112 Å². The van der Waals surface area contributed by atoms with Crippen LogP contribution in [0.15, 0.2) is 18.2 Å². The van der Waals surface area contributed by atoms with E-state index in [1.54, 1.807) is 6.07 Å². The van der Waals surface area contributed by atoms with E-state index < -0.39 is 0 Å². The molecule has 3 rings (SSSR count). The maximum atomic E-state index is 13.3. The van der Waals surface area contributed by atoms with Gasteiger partial charge in [0.25, 0.3) is 0 Å². The number of hydrogen-bond donors (Lipinski definition) is 0. The van der Waals surface area contributed by atoms with Gasteiger partial charge in [-0.1, -0.05) is 0 Å². The molecular weight excluding hydrogens is 245 g/mol. The van der Waals surface area contributed by atoms with Gasteiger partial charge in [-0.25, -0.2) is 4.39 Å². The minimum absolute atomic E-state index is 0.0268. The maximum Gasteiger partial charge on any atom is 0.171 e. The van der Waals surface area contributed by atoms with Crippen molar-refractivity contribution in [2.75, 3.05) is 26.2 Å². The average molecular weight is 263 g/mol. The number of benzene rings is 1. The summed E-state index contributed by atoms with van der Waals surface area (Å²) in [5.41, 5.74) is 0.404. The van der Waals surface area contributed by atoms with Crippen LogP contribution in [-0.2, 0) is 0 Å². The number of Topliss-reactive ketones (excluding diaryl/α,β-unsaturated/α-hetero) is 1. The van der Waals surface area contributed by atoms with Gasteiger partial charge < -0.3 is 9.64 Å². The molecule has 2 aliphatic rings. The smallest absolute Gasteiger partial charge is 0.171 e. The summed E-state index contributed by atoms with van der Waals surface area (Å²) in [6.07, 6.45) is 3.14. The van der Waals surface area contributed by atoms with Crippen LogP contribution in [0.4, 0.5) is 4.39 Å². The molecule has 1 fully saturated rings. The van der Waals surface area contributed by atoms with Gasteiger partial charge in [0.1, 0.15) is 11.6 Å². The lowest BCUT2D eigenvalue weighted by Crippen LogP contribution is -2.31. The van der Waals surface area contributed by atoms with Crippen molar-refractivity contribution in [3.63, 3.8) is 0 Å². The molecule has 0 spiro atoms. The lowest BCUT2D eigenvalue weighted by Gasteiger charge is -2.20. The molecule has 0 aliphatic carbocycles. The molecule has 102 valence electrons. The zero-order valence-corrected chi connectivity index (χ0v) is 10.9. The number of rotatable bonds is 2. The largest absolute Gasteiger partial charge is 0.493 e. The van der Waals surface area contributed by atoms with Gasteiger partial charge in [0.15, 0.2) is 5.78 Å². The number of carbonyl (C=O) groups is 1. The minimum atomic E-state index is -0.377. The highest BCUT2D eigenvalue weighted by Crippen LogP contribution is 2.28. The van der Waals surface area contributed by atoms with Gasteiger partial charge in [-0.2, -0.15) is 0 Å². The standard InChI is InChI=1S/C15H18FNO2/c16-12-3-4-14-13(9-12)15(18)11(5-8-19-14)10-17-6-1-2-7-17/h3-4,9,11H,1-2,5-8,10H2. The number of ketones is 1. The summed E-state index contributed by atoms with van der Waals surface area (Å²) < 4.78 is 18.9. The van der Waals surface area contributed by atoms with Crippen molar-refractivity contribution >= 4 is 5.78 Å². The summed E-state index contributed by atoms with van der Waals surface area (Å²) >= 11 is 0. The van der Waals surface area contributed by atoms with E-state index in [1.807, 2.05) is 0 Å². The Morgan fingerprint density at radius 2 is 2.11 bits per heavy atom. The average Bonchev–Trinajstić information content (AvgIpc) is 2.86. The van der Waals surface area contributed by atoms with Crippen LogP contribution in [0.2, 0.25) is 0 Å². The van der Waals surface area contributed by atoms with Gasteiger partial charge in [-0.3, -0.25) is 4.79 Å². The van der Waals surface area contributed by atoms with E-state index in [9.17, 15) is 9.18 Å². The number of nitrogens with zero attached hydrogens (tertiary/aromatic N) is 1. The number of hydrogen-bond acceptors (Lipinski definition) is 3. The lowest BCUT2D eigenvalue weighted by atomic mass is 9.94. The SMILES string of the molecule is O=C1c2cc(F)ccc2OCCC1CN1CCCC1. The highest BCUT2D eigenvalue weighted by atomic mass is 19.1. The fourth-order valence-electron chi connectivity index (χ4n) is 2.93. The van der Waals surface area contributed by atoms with Crippen LogP contribution in [0.3, 0.4) is 0 Å². The molecule has 4 heteroatoms. The van der Waals surface area contributed by atoms with Crippen molar-refractivity contribution < 1.29 is 13.9 Å². The molecule has 0 radical (unpaired) electrons. The van der Waals surface area contributed by atoms with Crippen LogP contribution in [0.25, 0.3) is 0 Å². The Kier molecular flexibility index (Phi) is 3.51. The van der Waals surface area contributed by atoms with Crippen molar-refractivity contribution in [2.24, 2.45) is 5.92 Å². The molecule has 2 heterocycles. The number of ether oxygens (including phenoxy) is 1. The van der Waals surface area contributed by atoms with E-state index >= 15 is 0 Å². The highest BCUT2D eigenvalue weighted by molar-refractivity contribution is 6.00. The van der Waals surface area contributed by atoms with Crippen molar-refractivity contribution in [2.45, 2.75) is 19.3 Å². The van der Waals surface area contributed by atoms with Crippen LogP contribution < -0.4 is 4.74 Å². The Morgan fingerprint density at radius 3 is 2.89 bits per heavy atom. The predicted molar refractivity (Wildman–Crippen MR) is 70.0 cm³/mol. The van der Waals surface area contributed by atoms with Gasteiger partial charge in [0.05, 0.1) is 12.2 Å². The van der Waals surface area contributed by atoms with E-state index in [2.05, 4.69) is 4.90 Å². The van der Waals surface area contributed by atoms with Crippen LogP contribution in [-0.4, -0.2) is 36.9 Å². The molecule has 19 heavy (non-hydrogen) atoms. The second-order valence-electron chi connectivity index (χ2n) is 5.35. The minimum Gasteiger partial charge on any atom is -0.493 e. The summed E-state index contributed by atoms with van der Waals surface area (Å²) in [7, 11) is 0. The molecule has 1 aromatic carbocycles. The predicted octanol–water partition coefficient (Wildman–Crippen LogP) is 2.50. The molecule has 1 unspecified atom stereocenters. The van der Waals surface area contributed by atoms with E-state index in [-0.39, 0.29) is 17.5 Å². The number of fused-ring (bicyclic) bond motifs is 1. The third-order valence-corrected chi connectivity index (χ3v) is 3.98. The summed E-state index contributed by atoms with van der Waals surface area (Å²) in [5, 5.41) is 0. The highest BCUT2D eigenvalue weighted by Gasteiger charge is 2.29. The summed E-state index contributed by atoms with van der Waals surface area (Å²) in [6.45, 7) is 3.45. The van der Waals surface area contributed by atoms with Crippen molar-refractivity contribution in [1.29, 1.82) is 0 Å². The van der Waals surface area contributed by atoms with Gasteiger partial charge in [0, 0.05) is 12.5 Å². The third kappa shape index (κ3) is 2.63. The summed E-state index contributed by atoms with van der Waals surface area (Å²) in [4.78, 5) is 14.8. The van der Waals surface area contributed by atoms with Gasteiger partial charge in [-0.15, -0.1) is 0 Å².